The fourth-order valence-electron chi connectivity index (χ4n) is 6.70. The highest BCUT2D eigenvalue weighted by atomic mass is 19.1. The summed E-state index contributed by atoms with van der Waals surface area (Å²) in [5.41, 5.74) is 1.98. The van der Waals surface area contributed by atoms with Gasteiger partial charge in [-0.3, -0.25) is 14.5 Å². The quantitative estimate of drug-likeness (QED) is 0.656. The van der Waals surface area contributed by atoms with Crippen molar-refractivity contribution in [1.82, 2.24) is 9.80 Å². The van der Waals surface area contributed by atoms with Crippen molar-refractivity contribution >= 4 is 11.9 Å². The van der Waals surface area contributed by atoms with Gasteiger partial charge < -0.3 is 10.0 Å². The Morgan fingerprint density at radius 2 is 1.69 bits per heavy atom. The largest absolute Gasteiger partial charge is 0.481 e. The third kappa shape index (κ3) is 4.21. The summed E-state index contributed by atoms with van der Waals surface area (Å²) in [4.78, 5) is 29.9. The number of benzene rings is 2. The molecule has 5 rings (SSSR count). The average Bonchev–Trinajstić information content (AvgIpc) is 3.40. The van der Waals surface area contributed by atoms with E-state index < -0.39 is 29.4 Å². The van der Waals surface area contributed by atoms with E-state index in [1.807, 2.05) is 29.2 Å². The second-order valence-corrected chi connectivity index (χ2v) is 11.7. The number of fused-ring (bicyclic) bond motifs is 2. The van der Waals surface area contributed by atoms with Gasteiger partial charge in [0, 0.05) is 49.1 Å². The predicted molar refractivity (Wildman–Crippen MR) is 133 cm³/mol. The number of piperidine rings is 1. The van der Waals surface area contributed by atoms with Crippen molar-refractivity contribution in [2.24, 2.45) is 5.92 Å². The normalized spacial score (nSPS) is 25.8. The smallest absolute Gasteiger partial charge is 0.311 e. The average molecular weight is 497 g/mol. The van der Waals surface area contributed by atoms with Crippen molar-refractivity contribution in [3.8, 4) is 0 Å². The lowest BCUT2D eigenvalue weighted by Gasteiger charge is -2.41. The van der Waals surface area contributed by atoms with Crippen LogP contribution in [0.3, 0.4) is 0 Å². The van der Waals surface area contributed by atoms with Crippen LogP contribution in [0.4, 0.5) is 8.78 Å². The molecule has 1 N–H and O–H groups in total. The minimum Gasteiger partial charge on any atom is -0.481 e. The third-order valence-corrected chi connectivity index (χ3v) is 8.78. The van der Waals surface area contributed by atoms with Crippen LogP contribution in [0.15, 0.2) is 42.5 Å². The molecule has 2 heterocycles. The minimum absolute atomic E-state index is 0.00592. The first-order valence-corrected chi connectivity index (χ1v) is 12.8. The molecule has 2 aromatic carbocycles. The number of aliphatic carboxylic acids is 1. The minimum atomic E-state index is -0.796. The van der Waals surface area contributed by atoms with Crippen molar-refractivity contribution in [3.05, 3.63) is 70.8 Å². The Bertz CT molecular complexity index is 1180. The lowest BCUT2D eigenvalue weighted by atomic mass is 9.73. The van der Waals surface area contributed by atoms with Gasteiger partial charge in [-0.2, -0.15) is 0 Å². The van der Waals surface area contributed by atoms with E-state index in [0.717, 1.165) is 17.2 Å². The summed E-state index contributed by atoms with van der Waals surface area (Å²) in [5, 5.41) is 9.80. The van der Waals surface area contributed by atoms with Gasteiger partial charge in [-0.25, -0.2) is 8.78 Å². The van der Waals surface area contributed by atoms with Crippen molar-refractivity contribution in [1.29, 1.82) is 0 Å². The second kappa shape index (κ2) is 8.94. The van der Waals surface area contributed by atoms with E-state index in [1.54, 1.807) is 0 Å². The van der Waals surface area contributed by atoms with Gasteiger partial charge in [-0.05, 0) is 62.8 Å². The summed E-state index contributed by atoms with van der Waals surface area (Å²) < 4.78 is 28.4. The van der Waals surface area contributed by atoms with Crippen molar-refractivity contribution in [2.45, 2.75) is 62.8 Å². The van der Waals surface area contributed by atoms with Gasteiger partial charge in [0.15, 0.2) is 0 Å². The van der Waals surface area contributed by atoms with E-state index >= 15 is 0 Å². The zero-order valence-electron chi connectivity index (χ0n) is 21.1. The number of rotatable bonds is 3. The van der Waals surface area contributed by atoms with E-state index in [2.05, 4.69) is 25.7 Å². The molecule has 1 amide bonds. The summed E-state index contributed by atoms with van der Waals surface area (Å²) in [7, 11) is 0. The van der Waals surface area contributed by atoms with E-state index in [1.165, 1.54) is 12.1 Å². The van der Waals surface area contributed by atoms with Gasteiger partial charge >= 0.3 is 5.97 Å². The molecule has 2 fully saturated rings. The van der Waals surface area contributed by atoms with Gasteiger partial charge in [0.1, 0.15) is 11.6 Å². The molecular weight excluding hydrogens is 462 g/mol. The maximum absolute atomic E-state index is 14.8. The molecule has 7 heteroatoms. The molecule has 1 aliphatic carbocycles. The number of amides is 1. The molecule has 3 aliphatic rings. The predicted octanol–water partition coefficient (Wildman–Crippen LogP) is 4.91. The summed E-state index contributed by atoms with van der Waals surface area (Å²) in [5.74, 6) is -3.29. The van der Waals surface area contributed by atoms with Gasteiger partial charge in [0.2, 0.25) is 5.91 Å². The molecule has 0 saturated carbocycles. The van der Waals surface area contributed by atoms with Crippen LogP contribution in [0.1, 0.15) is 68.6 Å². The molecule has 3 unspecified atom stereocenters. The summed E-state index contributed by atoms with van der Waals surface area (Å²) >= 11 is 0. The molecule has 0 aromatic heterocycles. The number of carbonyl (C=O) groups excluding carboxylic acids is 1. The first kappa shape index (κ1) is 24.9. The molecule has 1 spiro atoms. The van der Waals surface area contributed by atoms with Gasteiger partial charge in [-0.15, -0.1) is 0 Å². The molecule has 2 aliphatic heterocycles. The van der Waals surface area contributed by atoms with Crippen LogP contribution >= 0.6 is 0 Å². The molecule has 3 atom stereocenters. The number of halogens is 2. The number of carboxylic acids is 1. The van der Waals surface area contributed by atoms with Gasteiger partial charge in [0.25, 0.3) is 0 Å². The van der Waals surface area contributed by atoms with Gasteiger partial charge in [-0.1, -0.05) is 30.3 Å². The number of hydrogen-bond acceptors (Lipinski definition) is 3. The number of hydrogen-bond donors (Lipinski definition) is 1. The molecule has 0 radical (unpaired) electrons. The van der Waals surface area contributed by atoms with E-state index in [0.29, 0.717) is 51.0 Å². The molecule has 0 bridgehead atoms. The van der Waals surface area contributed by atoms with Crippen molar-refractivity contribution in [3.63, 3.8) is 0 Å². The van der Waals surface area contributed by atoms with E-state index in [-0.39, 0.29) is 22.8 Å². The number of carboxylic acid groups (broad SMARTS) is 1. The molecule has 192 valence electrons. The Morgan fingerprint density at radius 1 is 1.00 bits per heavy atom. The zero-order valence-corrected chi connectivity index (χ0v) is 21.1. The number of carbonyl (C=O) groups is 2. The monoisotopic (exact) mass is 496 g/mol. The SMILES string of the molecule is CC(C)(C)N1CC(C(=O)N2CCC3(CC2)CC(C(=O)O)c2ccccc23)C(c2ccc(F)cc2F)C1. The maximum Gasteiger partial charge on any atom is 0.311 e. The second-order valence-electron chi connectivity index (χ2n) is 11.7. The Labute approximate surface area is 211 Å². The fraction of sp³-hybridized carbons (Fsp3) is 0.517. The van der Waals surface area contributed by atoms with Crippen LogP contribution < -0.4 is 0 Å². The Kier molecular flexibility index (Phi) is 6.18. The lowest BCUT2D eigenvalue weighted by Crippen LogP contribution is -2.48. The summed E-state index contributed by atoms with van der Waals surface area (Å²) in [6.45, 7) is 8.40. The van der Waals surface area contributed by atoms with E-state index in [4.69, 9.17) is 0 Å². The highest BCUT2D eigenvalue weighted by Gasteiger charge is 2.50. The summed E-state index contributed by atoms with van der Waals surface area (Å²) in [6.07, 6.45) is 1.99. The fourth-order valence-corrected chi connectivity index (χ4v) is 6.70. The zero-order chi connectivity index (χ0) is 25.8. The first-order chi connectivity index (χ1) is 17.0. The Morgan fingerprint density at radius 3 is 2.33 bits per heavy atom. The maximum atomic E-state index is 14.8. The lowest BCUT2D eigenvalue weighted by molar-refractivity contribution is -0.140. The van der Waals surface area contributed by atoms with Crippen molar-refractivity contribution in [2.75, 3.05) is 26.2 Å². The molecule has 36 heavy (non-hydrogen) atoms. The molecular formula is C29H34F2N2O3. The van der Waals surface area contributed by atoms with Crippen LogP contribution in [0.2, 0.25) is 0 Å². The highest BCUT2D eigenvalue weighted by Crippen LogP contribution is 2.52. The third-order valence-electron chi connectivity index (χ3n) is 8.78. The highest BCUT2D eigenvalue weighted by molar-refractivity contribution is 5.81. The van der Waals surface area contributed by atoms with Crippen LogP contribution in [0, 0.1) is 17.6 Å². The summed E-state index contributed by atoms with van der Waals surface area (Å²) in [6, 6.07) is 11.5. The molecule has 2 saturated heterocycles. The standard InChI is InChI=1S/C29H34F2N2O3/c1-28(2,3)33-16-22(20-9-8-18(30)14-25(20)31)23(17-33)26(34)32-12-10-29(11-13-32)15-21(27(35)36)19-6-4-5-7-24(19)29/h4-9,14,21-23H,10-13,15-17H2,1-3H3,(H,35,36). The van der Waals surface area contributed by atoms with Crippen LogP contribution in [-0.2, 0) is 15.0 Å². The van der Waals surface area contributed by atoms with Gasteiger partial charge in [0.05, 0.1) is 11.8 Å². The van der Waals surface area contributed by atoms with Crippen LogP contribution in [0.25, 0.3) is 0 Å². The van der Waals surface area contributed by atoms with Crippen molar-refractivity contribution < 1.29 is 23.5 Å². The van der Waals surface area contributed by atoms with Crippen LogP contribution in [0.5, 0.6) is 0 Å². The Balaban J connectivity index is 1.37. The van der Waals surface area contributed by atoms with Crippen LogP contribution in [-0.4, -0.2) is 58.5 Å². The topological polar surface area (TPSA) is 60.9 Å². The first-order valence-electron chi connectivity index (χ1n) is 12.8. The Hall–Kier alpha value is -2.80. The molecule has 5 nitrogen and oxygen atoms in total. The number of likely N-dealkylation sites (tertiary alicyclic amines) is 2. The molecule has 2 aromatic rings. The number of nitrogens with zero attached hydrogens (tertiary/aromatic N) is 2. The van der Waals surface area contributed by atoms with E-state index in [9.17, 15) is 23.5 Å².